The van der Waals surface area contributed by atoms with Gasteiger partial charge in [-0.15, -0.1) is 0 Å². The van der Waals surface area contributed by atoms with Gasteiger partial charge in [0.15, 0.2) is 0 Å². The third-order valence-electron chi connectivity index (χ3n) is 2.43. The van der Waals surface area contributed by atoms with Crippen molar-refractivity contribution in [3.63, 3.8) is 0 Å². The summed E-state index contributed by atoms with van der Waals surface area (Å²) in [5.74, 6) is -0.674. The highest BCUT2D eigenvalue weighted by molar-refractivity contribution is 6.03. The average Bonchev–Trinajstić information content (AvgIpc) is 2.61. The smallest absolute Gasteiger partial charge is 0.339 e. The van der Waals surface area contributed by atoms with E-state index in [1.165, 1.54) is 25.1 Å². The van der Waals surface area contributed by atoms with Gasteiger partial charge >= 0.3 is 5.97 Å². The number of carbonyl (C=O) groups is 1. The molecule has 0 atom stereocenters. The molecule has 0 aliphatic heterocycles. The molecule has 0 saturated heterocycles. The number of ether oxygens (including phenoxy) is 1. The number of rotatable bonds is 4. The third-order valence-corrected chi connectivity index (χ3v) is 2.43. The first-order valence-electron chi connectivity index (χ1n) is 5.16. The summed E-state index contributed by atoms with van der Waals surface area (Å²) < 4.78 is 34.1. The van der Waals surface area contributed by atoms with Crippen molar-refractivity contribution >= 4 is 16.9 Å². The van der Waals surface area contributed by atoms with Crippen molar-refractivity contribution < 1.29 is 27.8 Å². The fourth-order valence-electron chi connectivity index (χ4n) is 1.71. The molecule has 2 aromatic rings. The number of hydrogen-bond donors (Lipinski definition) is 1. The van der Waals surface area contributed by atoms with Crippen LogP contribution in [0.15, 0.2) is 22.6 Å². The van der Waals surface area contributed by atoms with Crippen LogP contribution in [0.25, 0.3) is 11.0 Å². The van der Waals surface area contributed by atoms with E-state index in [2.05, 4.69) is 0 Å². The second kappa shape index (κ2) is 4.64. The zero-order chi connectivity index (χ0) is 13.3. The summed E-state index contributed by atoms with van der Waals surface area (Å²) in [6, 6.07) is 4.34. The van der Waals surface area contributed by atoms with Crippen LogP contribution in [-0.4, -0.2) is 24.1 Å². The molecule has 4 nitrogen and oxygen atoms in total. The second-order valence-corrected chi connectivity index (χ2v) is 3.70. The van der Waals surface area contributed by atoms with Crippen LogP contribution in [0.5, 0.6) is 5.75 Å². The number of carboxylic acid groups (broad SMARTS) is 1. The lowest BCUT2D eigenvalue weighted by Crippen LogP contribution is -2.06. The predicted octanol–water partition coefficient (Wildman–Crippen LogP) is 3.08. The molecule has 1 aromatic heterocycles. The lowest BCUT2D eigenvalue weighted by atomic mass is 10.1. The Kier molecular flexibility index (Phi) is 3.18. The van der Waals surface area contributed by atoms with Crippen molar-refractivity contribution in [2.75, 3.05) is 6.61 Å². The lowest BCUT2D eigenvalue weighted by Gasteiger charge is -2.04. The zero-order valence-electron chi connectivity index (χ0n) is 9.44. The van der Waals surface area contributed by atoms with E-state index in [0.29, 0.717) is 11.0 Å². The summed E-state index contributed by atoms with van der Waals surface area (Å²) in [7, 11) is 0. The molecular formula is C12H10F2O4. The number of aryl methyl sites for hydroxylation is 1. The summed E-state index contributed by atoms with van der Waals surface area (Å²) in [5, 5.41) is 9.38. The van der Waals surface area contributed by atoms with E-state index >= 15 is 0 Å². The van der Waals surface area contributed by atoms with Gasteiger partial charge in [0.1, 0.15) is 29.3 Å². The molecule has 0 saturated carbocycles. The standard InChI is InChI=1S/C12H10F2O4/c1-6-11(12(15)16)8-4-7(17-5-10(13)14)2-3-9(8)18-6/h2-4,10H,5H2,1H3,(H,15,16). The van der Waals surface area contributed by atoms with Crippen LogP contribution in [-0.2, 0) is 0 Å². The number of furan rings is 1. The molecule has 1 N–H and O–H groups in total. The van der Waals surface area contributed by atoms with Gasteiger partial charge in [0.2, 0.25) is 0 Å². The Morgan fingerprint density at radius 1 is 1.50 bits per heavy atom. The molecular weight excluding hydrogens is 246 g/mol. The van der Waals surface area contributed by atoms with Crippen LogP contribution in [0.4, 0.5) is 8.78 Å². The molecule has 0 amide bonds. The maximum absolute atomic E-state index is 12.0. The fourth-order valence-corrected chi connectivity index (χ4v) is 1.71. The molecule has 96 valence electrons. The van der Waals surface area contributed by atoms with Crippen molar-refractivity contribution in [1.82, 2.24) is 0 Å². The number of halogens is 2. The molecule has 0 bridgehead atoms. The van der Waals surface area contributed by atoms with Crippen LogP contribution < -0.4 is 4.74 Å². The van der Waals surface area contributed by atoms with Crippen molar-refractivity contribution in [3.05, 3.63) is 29.5 Å². The van der Waals surface area contributed by atoms with Crippen LogP contribution in [0, 0.1) is 6.92 Å². The predicted molar refractivity (Wildman–Crippen MR) is 59.4 cm³/mol. The molecule has 0 spiro atoms. The first kappa shape index (κ1) is 12.3. The van der Waals surface area contributed by atoms with E-state index < -0.39 is 19.0 Å². The van der Waals surface area contributed by atoms with Gasteiger partial charge in [0.25, 0.3) is 6.43 Å². The highest BCUT2D eigenvalue weighted by Crippen LogP contribution is 2.29. The molecule has 0 aliphatic rings. The van der Waals surface area contributed by atoms with E-state index in [0.717, 1.165) is 0 Å². The second-order valence-electron chi connectivity index (χ2n) is 3.70. The molecule has 0 fully saturated rings. The molecule has 0 radical (unpaired) electrons. The zero-order valence-corrected chi connectivity index (χ0v) is 9.44. The summed E-state index contributed by atoms with van der Waals surface area (Å²) in [6.45, 7) is 0.799. The topological polar surface area (TPSA) is 59.7 Å². The van der Waals surface area contributed by atoms with Gasteiger partial charge < -0.3 is 14.3 Å². The van der Waals surface area contributed by atoms with Gasteiger partial charge in [-0.2, -0.15) is 0 Å². The molecule has 1 heterocycles. The minimum Gasteiger partial charge on any atom is -0.488 e. The van der Waals surface area contributed by atoms with Crippen molar-refractivity contribution in [2.24, 2.45) is 0 Å². The number of aromatic carboxylic acids is 1. The van der Waals surface area contributed by atoms with Gasteiger partial charge in [-0.3, -0.25) is 0 Å². The van der Waals surface area contributed by atoms with Gasteiger partial charge in [-0.25, -0.2) is 13.6 Å². The first-order valence-corrected chi connectivity index (χ1v) is 5.16. The Morgan fingerprint density at radius 3 is 2.83 bits per heavy atom. The summed E-state index contributed by atoms with van der Waals surface area (Å²) in [4.78, 5) is 11.1. The monoisotopic (exact) mass is 256 g/mol. The largest absolute Gasteiger partial charge is 0.488 e. The molecule has 0 aliphatic carbocycles. The number of hydrogen-bond acceptors (Lipinski definition) is 3. The van der Waals surface area contributed by atoms with E-state index in [1.54, 1.807) is 0 Å². The Balaban J connectivity index is 2.42. The Hall–Kier alpha value is -2.11. The lowest BCUT2D eigenvalue weighted by molar-refractivity contribution is 0.0696. The van der Waals surface area contributed by atoms with Gasteiger partial charge in [-0.05, 0) is 25.1 Å². The van der Waals surface area contributed by atoms with Gasteiger partial charge in [0.05, 0.1) is 0 Å². The Morgan fingerprint density at radius 2 is 2.22 bits per heavy atom. The number of benzene rings is 1. The van der Waals surface area contributed by atoms with Crippen LogP contribution in [0.2, 0.25) is 0 Å². The third kappa shape index (κ3) is 2.27. The highest BCUT2D eigenvalue weighted by Gasteiger charge is 2.18. The van der Waals surface area contributed by atoms with Crippen LogP contribution in [0.3, 0.4) is 0 Å². The van der Waals surface area contributed by atoms with Gasteiger partial charge in [0, 0.05) is 5.39 Å². The molecule has 18 heavy (non-hydrogen) atoms. The summed E-state index contributed by atoms with van der Waals surface area (Å²) in [5.41, 5.74) is 0.404. The van der Waals surface area contributed by atoms with Crippen molar-refractivity contribution in [1.29, 1.82) is 0 Å². The summed E-state index contributed by atoms with van der Waals surface area (Å²) in [6.07, 6.45) is -2.58. The SMILES string of the molecule is Cc1oc2ccc(OCC(F)F)cc2c1C(=O)O. The van der Waals surface area contributed by atoms with E-state index in [1.807, 2.05) is 0 Å². The number of fused-ring (bicyclic) bond motifs is 1. The molecule has 2 rings (SSSR count). The average molecular weight is 256 g/mol. The van der Waals surface area contributed by atoms with E-state index in [4.69, 9.17) is 14.3 Å². The Bertz CT molecular complexity index is 589. The number of carboxylic acids is 1. The van der Waals surface area contributed by atoms with E-state index in [9.17, 15) is 13.6 Å². The van der Waals surface area contributed by atoms with Crippen LogP contribution >= 0.6 is 0 Å². The highest BCUT2D eigenvalue weighted by atomic mass is 19.3. The minimum absolute atomic E-state index is 0.0208. The maximum atomic E-state index is 12.0. The fraction of sp³-hybridized carbons (Fsp3) is 0.250. The van der Waals surface area contributed by atoms with Crippen molar-refractivity contribution in [3.8, 4) is 5.75 Å². The molecule has 0 unspecified atom stereocenters. The normalized spacial score (nSPS) is 11.1. The van der Waals surface area contributed by atoms with Crippen LogP contribution in [0.1, 0.15) is 16.1 Å². The molecule has 1 aromatic carbocycles. The summed E-state index contributed by atoms with van der Waals surface area (Å²) >= 11 is 0. The van der Waals surface area contributed by atoms with Gasteiger partial charge in [-0.1, -0.05) is 0 Å². The number of alkyl halides is 2. The quantitative estimate of drug-likeness (QED) is 0.913. The van der Waals surface area contributed by atoms with E-state index in [-0.39, 0.29) is 17.1 Å². The Labute approximate surface area is 101 Å². The van der Waals surface area contributed by atoms with Crippen molar-refractivity contribution in [2.45, 2.75) is 13.3 Å². The first-order chi connectivity index (χ1) is 8.49. The minimum atomic E-state index is -2.58. The molecule has 6 heteroatoms. The maximum Gasteiger partial charge on any atom is 0.339 e.